The average molecular weight is 243 g/mol. The van der Waals surface area contributed by atoms with Crippen molar-refractivity contribution in [3.05, 3.63) is 42.0 Å². The molecular formula is C15H17NO2. The molecule has 0 aliphatic rings. The van der Waals surface area contributed by atoms with Crippen LogP contribution >= 0.6 is 0 Å². The van der Waals surface area contributed by atoms with E-state index in [1.807, 2.05) is 44.4 Å². The number of nitrogens with zero attached hydrogens (tertiary/aromatic N) is 1. The fourth-order valence-electron chi connectivity index (χ4n) is 2.02. The third-order valence-corrected chi connectivity index (χ3v) is 2.69. The molecular weight excluding hydrogens is 226 g/mol. The van der Waals surface area contributed by atoms with E-state index < -0.39 is 0 Å². The second-order valence-corrected chi connectivity index (χ2v) is 4.61. The highest BCUT2D eigenvalue weighted by atomic mass is 16.5. The van der Waals surface area contributed by atoms with E-state index in [1.165, 1.54) is 6.92 Å². The second-order valence-electron chi connectivity index (χ2n) is 4.61. The van der Waals surface area contributed by atoms with E-state index in [2.05, 4.69) is 11.0 Å². The van der Waals surface area contributed by atoms with Crippen LogP contribution in [0.3, 0.4) is 0 Å². The summed E-state index contributed by atoms with van der Waals surface area (Å²) in [5, 5.41) is 2.06. The number of fused-ring (bicyclic) bond motifs is 1. The predicted octanol–water partition coefficient (Wildman–Crippen LogP) is 2.83. The summed E-state index contributed by atoms with van der Waals surface area (Å²) >= 11 is 0. The first-order valence-corrected chi connectivity index (χ1v) is 5.91. The highest BCUT2D eigenvalue weighted by molar-refractivity contribution is 5.91. The van der Waals surface area contributed by atoms with Gasteiger partial charge in [0.25, 0.3) is 0 Å². The fourth-order valence-corrected chi connectivity index (χ4v) is 2.02. The maximum atomic E-state index is 11.3. The first kappa shape index (κ1) is 12.6. The molecule has 2 aromatic carbocycles. The van der Waals surface area contributed by atoms with E-state index in [4.69, 9.17) is 4.74 Å². The smallest absolute Gasteiger partial charge is 0.308 e. The molecule has 3 heteroatoms. The molecule has 0 aliphatic carbocycles. The Morgan fingerprint density at radius 1 is 1.17 bits per heavy atom. The van der Waals surface area contributed by atoms with Gasteiger partial charge in [-0.2, -0.15) is 0 Å². The summed E-state index contributed by atoms with van der Waals surface area (Å²) in [5.41, 5.74) is 1.02. The molecule has 0 amide bonds. The first-order chi connectivity index (χ1) is 8.58. The van der Waals surface area contributed by atoms with Crippen molar-refractivity contribution < 1.29 is 9.53 Å². The number of ether oxygens (including phenoxy) is 1. The van der Waals surface area contributed by atoms with Gasteiger partial charge in [0.15, 0.2) is 0 Å². The molecule has 0 atom stereocenters. The van der Waals surface area contributed by atoms with Gasteiger partial charge < -0.3 is 9.64 Å². The molecule has 0 N–H and O–H groups in total. The Labute approximate surface area is 107 Å². The number of hydrogen-bond acceptors (Lipinski definition) is 3. The van der Waals surface area contributed by atoms with Gasteiger partial charge in [0.05, 0.1) is 0 Å². The molecule has 0 aliphatic heterocycles. The number of carbonyl (C=O) groups is 1. The van der Waals surface area contributed by atoms with Gasteiger partial charge in [-0.25, -0.2) is 0 Å². The molecule has 0 radical (unpaired) electrons. The van der Waals surface area contributed by atoms with Gasteiger partial charge in [-0.05, 0) is 19.5 Å². The Hall–Kier alpha value is -1.87. The Morgan fingerprint density at radius 3 is 2.56 bits per heavy atom. The van der Waals surface area contributed by atoms with Gasteiger partial charge in [-0.15, -0.1) is 0 Å². The van der Waals surface area contributed by atoms with E-state index in [1.54, 1.807) is 0 Å². The fraction of sp³-hybridized carbons (Fsp3) is 0.267. The van der Waals surface area contributed by atoms with Crippen LogP contribution in [0.5, 0.6) is 5.75 Å². The minimum atomic E-state index is -0.286. The third-order valence-electron chi connectivity index (χ3n) is 2.69. The molecule has 94 valence electrons. The molecule has 0 saturated carbocycles. The molecule has 0 heterocycles. The zero-order chi connectivity index (χ0) is 13.1. The van der Waals surface area contributed by atoms with Crippen molar-refractivity contribution in [1.82, 2.24) is 4.90 Å². The van der Waals surface area contributed by atoms with Crippen molar-refractivity contribution in [1.29, 1.82) is 0 Å². The summed E-state index contributed by atoms with van der Waals surface area (Å²) in [4.78, 5) is 13.3. The Balaban J connectivity index is 2.58. The average Bonchev–Trinajstić information content (AvgIpc) is 2.31. The minimum absolute atomic E-state index is 0.286. The van der Waals surface area contributed by atoms with Crippen LogP contribution in [0.4, 0.5) is 0 Å². The zero-order valence-electron chi connectivity index (χ0n) is 10.9. The van der Waals surface area contributed by atoms with Crippen LogP contribution in [-0.4, -0.2) is 25.0 Å². The molecule has 0 bridgehead atoms. The van der Waals surface area contributed by atoms with Crippen molar-refractivity contribution in [3.63, 3.8) is 0 Å². The lowest BCUT2D eigenvalue weighted by atomic mass is 10.0. The molecule has 0 saturated heterocycles. The largest absolute Gasteiger partial charge is 0.426 e. The van der Waals surface area contributed by atoms with Gasteiger partial charge in [0, 0.05) is 24.4 Å². The maximum absolute atomic E-state index is 11.3. The third kappa shape index (κ3) is 2.68. The van der Waals surface area contributed by atoms with E-state index in [0.717, 1.165) is 22.9 Å². The second kappa shape index (κ2) is 5.19. The number of esters is 1. The lowest BCUT2D eigenvalue weighted by Gasteiger charge is -2.15. The van der Waals surface area contributed by atoms with Crippen molar-refractivity contribution >= 4 is 16.7 Å². The number of carbonyl (C=O) groups excluding carboxylic acids is 1. The summed E-state index contributed by atoms with van der Waals surface area (Å²) in [6.45, 7) is 2.18. The van der Waals surface area contributed by atoms with E-state index in [9.17, 15) is 4.79 Å². The standard InChI is InChI=1S/C15H17NO2/c1-11(17)18-15-13(10-16(2)3)9-8-12-6-4-5-7-14(12)15/h4-9H,10H2,1-3H3. The highest BCUT2D eigenvalue weighted by Crippen LogP contribution is 2.30. The molecule has 3 nitrogen and oxygen atoms in total. The number of hydrogen-bond donors (Lipinski definition) is 0. The van der Waals surface area contributed by atoms with Crippen molar-refractivity contribution in [2.24, 2.45) is 0 Å². The summed E-state index contributed by atoms with van der Waals surface area (Å²) in [7, 11) is 3.99. The SMILES string of the molecule is CC(=O)Oc1c(CN(C)C)ccc2ccccc12. The van der Waals surface area contributed by atoms with E-state index in [0.29, 0.717) is 5.75 Å². The highest BCUT2D eigenvalue weighted by Gasteiger charge is 2.11. The summed E-state index contributed by atoms with van der Waals surface area (Å²) in [6, 6.07) is 12.0. The maximum Gasteiger partial charge on any atom is 0.308 e. The quantitative estimate of drug-likeness (QED) is 0.613. The lowest BCUT2D eigenvalue weighted by Crippen LogP contribution is -2.13. The van der Waals surface area contributed by atoms with Crippen LogP contribution < -0.4 is 4.74 Å². The van der Waals surface area contributed by atoms with Crippen LogP contribution in [0.15, 0.2) is 36.4 Å². The molecule has 0 aromatic heterocycles. The lowest BCUT2D eigenvalue weighted by molar-refractivity contribution is -0.131. The number of rotatable bonds is 3. The van der Waals surface area contributed by atoms with Gasteiger partial charge in [0.2, 0.25) is 0 Å². The monoisotopic (exact) mass is 243 g/mol. The van der Waals surface area contributed by atoms with Crippen LogP contribution in [-0.2, 0) is 11.3 Å². The van der Waals surface area contributed by atoms with Crippen molar-refractivity contribution in [3.8, 4) is 5.75 Å². The predicted molar refractivity (Wildman–Crippen MR) is 72.6 cm³/mol. The van der Waals surface area contributed by atoms with Crippen molar-refractivity contribution in [2.45, 2.75) is 13.5 Å². The van der Waals surface area contributed by atoms with Crippen LogP contribution in [0, 0.1) is 0 Å². The van der Waals surface area contributed by atoms with Gasteiger partial charge >= 0.3 is 5.97 Å². The Bertz CT molecular complexity index is 576. The Morgan fingerprint density at radius 2 is 1.89 bits per heavy atom. The normalized spacial score (nSPS) is 10.9. The number of benzene rings is 2. The van der Waals surface area contributed by atoms with Crippen molar-refractivity contribution in [2.75, 3.05) is 14.1 Å². The molecule has 0 fully saturated rings. The summed E-state index contributed by atoms with van der Waals surface area (Å²) in [5.74, 6) is 0.389. The first-order valence-electron chi connectivity index (χ1n) is 5.91. The zero-order valence-corrected chi connectivity index (χ0v) is 10.9. The van der Waals surface area contributed by atoms with Gasteiger partial charge in [0.1, 0.15) is 5.75 Å². The summed E-state index contributed by atoms with van der Waals surface area (Å²) in [6.07, 6.45) is 0. The van der Waals surface area contributed by atoms with Crippen LogP contribution in [0.25, 0.3) is 10.8 Å². The van der Waals surface area contributed by atoms with Crippen LogP contribution in [0.2, 0.25) is 0 Å². The molecule has 0 unspecified atom stereocenters. The topological polar surface area (TPSA) is 29.5 Å². The Kier molecular flexibility index (Phi) is 3.63. The summed E-state index contributed by atoms with van der Waals surface area (Å²) < 4.78 is 5.39. The molecule has 0 spiro atoms. The minimum Gasteiger partial charge on any atom is -0.426 e. The van der Waals surface area contributed by atoms with E-state index >= 15 is 0 Å². The molecule has 2 aromatic rings. The van der Waals surface area contributed by atoms with Gasteiger partial charge in [-0.3, -0.25) is 4.79 Å². The van der Waals surface area contributed by atoms with Gasteiger partial charge in [-0.1, -0.05) is 36.4 Å². The van der Waals surface area contributed by atoms with E-state index in [-0.39, 0.29) is 5.97 Å². The molecule has 2 rings (SSSR count). The molecule has 18 heavy (non-hydrogen) atoms. The van der Waals surface area contributed by atoms with Crippen LogP contribution in [0.1, 0.15) is 12.5 Å².